The minimum atomic E-state index is 0.210. The van der Waals surface area contributed by atoms with Gasteiger partial charge in [-0.25, -0.2) is 0 Å². The van der Waals surface area contributed by atoms with Gasteiger partial charge >= 0.3 is 0 Å². The molecule has 15 heavy (non-hydrogen) atoms. The minimum absolute atomic E-state index is 0.210. The summed E-state index contributed by atoms with van der Waals surface area (Å²) in [7, 11) is 0. The smallest absolute Gasteiger partial charge is 0.260 e. The Bertz CT molecular complexity index is 454. The van der Waals surface area contributed by atoms with Crippen LogP contribution in [0.15, 0.2) is 24.3 Å². The van der Waals surface area contributed by atoms with E-state index in [1.165, 1.54) is 4.79 Å². The normalized spacial score (nSPS) is 10.2. The quantitative estimate of drug-likeness (QED) is 0.800. The van der Waals surface area contributed by atoms with E-state index < -0.39 is 0 Å². The van der Waals surface area contributed by atoms with Crippen LogP contribution in [0.5, 0.6) is 0 Å². The summed E-state index contributed by atoms with van der Waals surface area (Å²) in [5, 5.41) is 11.3. The Morgan fingerprint density at radius 2 is 2.20 bits per heavy atom. The Kier molecular flexibility index (Phi) is 2.68. The number of rotatable bonds is 3. The molecule has 7 heteroatoms. The maximum Gasteiger partial charge on any atom is 0.260 e. The molecule has 0 spiro atoms. The zero-order valence-electron chi connectivity index (χ0n) is 7.76. The van der Waals surface area contributed by atoms with Crippen LogP contribution in [0.25, 0.3) is 0 Å². The Balaban J connectivity index is 2.06. The van der Waals surface area contributed by atoms with Crippen molar-refractivity contribution >= 4 is 17.5 Å². The van der Waals surface area contributed by atoms with Gasteiger partial charge in [-0.3, -0.25) is 0 Å². The number of hydrogen-bond donors (Lipinski definition) is 2. The summed E-state index contributed by atoms with van der Waals surface area (Å²) in [6.07, 6.45) is 0. The fourth-order valence-corrected chi connectivity index (χ4v) is 1.31. The van der Waals surface area contributed by atoms with Gasteiger partial charge in [0.1, 0.15) is 0 Å². The largest absolute Gasteiger partial charge is 0.365 e. The number of nitrogens with zero attached hydrogens (tertiary/aromatic N) is 4. The van der Waals surface area contributed by atoms with Gasteiger partial charge in [0.05, 0.1) is 6.54 Å². The maximum absolute atomic E-state index is 5.97. The van der Waals surface area contributed by atoms with Crippen LogP contribution < -0.4 is 11.2 Å². The molecule has 2 rings (SSSR count). The second kappa shape index (κ2) is 4.14. The summed E-state index contributed by atoms with van der Waals surface area (Å²) in [6.45, 7) is 0.509. The first-order chi connectivity index (χ1) is 7.27. The van der Waals surface area contributed by atoms with Gasteiger partial charge in [-0.15, -0.1) is 4.79 Å². The van der Waals surface area contributed by atoms with E-state index in [-0.39, 0.29) is 5.95 Å². The van der Waals surface area contributed by atoms with E-state index in [2.05, 4.69) is 21.0 Å². The van der Waals surface area contributed by atoms with Crippen molar-refractivity contribution in [3.8, 4) is 0 Å². The summed E-state index contributed by atoms with van der Waals surface area (Å²) in [5.41, 5.74) is 9.35. The predicted octanol–water partition coefficient (Wildman–Crippen LogP) is 0.652. The van der Waals surface area contributed by atoms with Crippen LogP contribution in [0.4, 0.5) is 5.95 Å². The highest BCUT2D eigenvalue weighted by molar-refractivity contribution is 6.31. The number of nitrogens with two attached hydrogens (primary N) is 1. The van der Waals surface area contributed by atoms with E-state index in [4.69, 9.17) is 17.3 Å². The molecule has 3 N–H and O–H groups in total. The zero-order chi connectivity index (χ0) is 10.7. The number of anilines is 1. The molecule has 0 amide bonds. The van der Waals surface area contributed by atoms with Crippen LogP contribution >= 0.6 is 11.6 Å². The maximum atomic E-state index is 5.97. The van der Waals surface area contributed by atoms with Crippen molar-refractivity contribution in [2.45, 2.75) is 6.54 Å². The van der Waals surface area contributed by atoms with E-state index in [0.29, 0.717) is 11.6 Å². The molecule has 1 aromatic heterocycles. The van der Waals surface area contributed by atoms with Gasteiger partial charge in [0.2, 0.25) is 0 Å². The fourth-order valence-electron chi connectivity index (χ4n) is 1.11. The van der Waals surface area contributed by atoms with Crippen LogP contribution in [0.1, 0.15) is 5.56 Å². The van der Waals surface area contributed by atoms with Crippen molar-refractivity contribution < 1.29 is 0 Å². The number of benzene rings is 1. The number of nitrogens with one attached hydrogen (secondary N) is 1. The average Bonchev–Trinajstić information content (AvgIpc) is 2.63. The third kappa shape index (κ3) is 2.16. The third-order valence-corrected chi connectivity index (χ3v) is 2.24. The molecule has 1 heterocycles. The lowest BCUT2D eigenvalue weighted by molar-refractivity contribution is 0.693. The van der Waals surface area contributed by atoms with Crippen molar-refractivity contribution in [3.63, 3.8) is 0 Å². The summed E-state index contributed by atoms with van der Waals surface area (Å²) < 4.78 is 0. The number of hydrogen-bond acceptors (Lipinski definition) is 5. The lowest BCUT2D eigenvalue weighted by Gasteiger charge is -2.06. The van der Waals surface area contributed by atoms with Gasteiger partial charge in [0.25, 0.3) is 5.95 Å². The highest BCUT2D eigenvalue weighted by Crippen LogP contribution is 2.14. The van der Waals surface area contributed by atoms with Crippen molar-refractivity contribution in [1.82, 2.24) is 20.3 Å². The van der Waals surface area contributed by atoms with Gasteiger partial charge < -0.3 is 11.2 Å². The standard InChI is InChI=1S/C8H9ClN6/c9-7-4-2-1-3-6(7)5-11-15-8(10)12-13-14-15/h1-4,11H,5H2,(H2,10,12,14). The highest BCUT2D eigenvalue weighted by atomic mass is 35.5. The SMILES string of the molecule is Nc1nnnn1NCc1ccccc1Cl. The van der Waals surface area contributed by atoms with E-state index in [1.807, 2.05) is 24.3 Å². The summed E-state index contributed by atoms with van der Waals surface area (Å²) in [6, 6.07) is 7.51. The van der Waals surface area contributed by atoms with E-state index in [1.54, 1.807) is 0 Å². The van der Waals surface area contributed by atoms with Crippen LogP contribution in [0, 0.1) is 0 Å². The van der Waals surface area contributed by atoms with Crippen LogP contribution in [-0.2, 0) is 6.54 Å². The zero-order valence-corrected chi connectivity index (χ0v) is 8.52. The Morgan fingerprint density at radius 3 is 2.87 bits per heavy atom. The van der Waals surface area contributed by atoms with Crippen molar-refractivity contribution in [2.75, 3.05) is 11.2 Å². The monoisotopic (exact) mass is 224 g/mol. The lowest BCUT2D eigenvalue weighted by atomic mass is 10.2. The summed E-state index contributed by atoms with van der Waals surface area (Å²) in [4.78, 5) is 1.29. The first-order valence-electron chi connectivity index (χ1n) is 4.28. The lowest BCUT2D eigenvalue weighted by Crippen LogP contribution is -2.18. The Labute approximate surface area is 91.0 Å². The van der Waals surface area contributed by atoms with Gasteiger partial charge in [0, 0.05) is 5.02 Å². The van der Waals surface area contributed by atoms with Gasteiger partial charge in [-0.05, 0) is 22.1 Å². The average molecular weight is 225 g/mol. The van der Waals surface area contributed by atoms with Crippen LogP contribution in [0.2, 0.25) is 5.02 Å². The molecule has 0 bridgehead atoms. The first-order valence-corrected chi connectivity index (χ1v) is 4.66. The molecular formula is C8H9ClN6. The van der Waals surface area contributed by atoms with E-state index >= 15 is 0 Å². The minimum Gasteiger partial charge on any atom is -0.365 e. The molecule has 0 aliphatic heterocycles. The first kappa shape index (κ1) is 9.72. The Morgan fingerprint density at radius 1 is 1.40 bits per heavy atom. The molecule has 0 aliphatic carbocycles. The molecular weight excluding hydrogens is 216 g/mol. The van der Waals surface area contributed by atoms with Gasteiger partial charge in [-0.1, -0.05) is 34.9 Å². The van der Waals surface area contributed by atoms with E-state index in [9.17, 15) is 0 Å². The molecule has 0 atom stereocenters. The van der Waals surface area contributed by atoms with Crippen LogP contribution in [-0.4, -0.2) is 20.3 Å². The second-order valence-corrected chi connectivity index (χ2v) is 3.28. The molecule has 0 radical (unpaired) electrons. The van der Waals surface area contributed by atoms with Crippen molar-refractivity contribution in [1.29, 1.82) is 0 Å². The third-order valence-electron chi connectivity index (χ3n) is 1.87. The molecule has 0 aliphatic rings. The highest BCUT2D eigenvalue weighted by Gasteiger charge is 2.01. The number of nitrogen functional groups attached to an aromatic ring is 1. The molecule has 0 unspecified atom stereocenters. The summed E-state index contributed by atoms with van der Waals surface area (Å²) in [5.74, 6) is 0.210. The second-order valence-electron chi connectivity index (χ2n) is 2.88. The fraction of sp³-hybridized carbons (Fsp3) is 0.125. The molecule has 0 saturated heterocycles. The Hall–Kier alpha value is -1.82. The predicted molar refractivity (Wildman–Crippen MR) is 56.7 cm³/mol. The van der Waals surface area contributed by atoms with Gasteiger partial charge in [-0.2, -0.15) is 0 Å². The van der Waals surface area contributed by atoms with Crippen molar-refractivity contribution in [3.05, 3.63) is 34.9 Å². The number of aromatic nitrogens is 4. The van der Waals surface area contributed by atoms with Crippen molar-refractivity contribution in [2.24, 2.45) is 0 Å². The number of halogens is 1. The molecule has 6 nitrogen and oxygen atoms in total. The molecule has 0 fully saturated rings. The number of tetrazole rings is 1. The molecule has 78 valence electrons. The summed E-state index contributed by atoms with van der Waals surface area (Å²) >= 11 is 5.97. The topological polar surface area (TPSA) is 81.7 Å². The molecule has 0 saturated carbocycles. The molecule has 2 aromatic rings. The molecule has 1 aromatic carbocycles. The van der Waals surface area contributed by atoms with E-state index in [0.717, 1.165) is 5.56 Å². The van der Waals surface area contributed by atoms with Gasteiger partial charge in [0.15, 0.2) is 0 Å². The van der Waals surface area contributed by atoms with Crippen LogP contribution in [0.3, 0.4) is 0 Å².